The highest BCUT2D eigenvalue weighted by Crippen LogP contribution is 2.26. The molecule has 11 heteroatoms. The standard InChI is InChI=1S/C7H8N4O4S3/c1-4(2-8)18(14,15)11-6-9-10-7(17-6)16-3-5(12)13/h4H,3H2,1H3,(H,9,11)(H,12,13). The summed E-state index contributed by atoms with van der Waals surface area (Å²) in [4.78, 5) is 10.3. The number of hydrogen-bond donors (Lipinski definition) is 2. The molecule has 0 aromatic carbocycles. The molecule has 1 unspecified atom stereocenters. The molecule has 1 rings (SSSR count). The smallest absolute Gasteiger partial charge is 0.313 e. The molecule has 18 heavy (non-hydrogen) atoms. The summed E-state index contributed by atoms with van der Waals surface area (Å²) in [7, 11) is -3.81. The first-order valence-corrected chi connectivity index (χ1v) is 7.79. The lowest BCUT2D eigenvalue weighted by Gasteiger charge is -2.04. The van der Waals surface area contributed by atoms with E-state index in [2.05, 4.69) is 14.9 Å². The molecule has 0 aliphatic heterocycles. The van der Waals surface area contributed by atoms with Crippen molar-refractivity contribution in [2.75, 3.05) is 10.5 Å². The summed E-state index contributed by atoms with van der Waals surface area (Å²) in [5.74, 6) is -1.19. The number of aromatic nitrogens is 2. The summed E-state index contributed by atoms with van der Waals surface area (Å²) < 4.78 is 25.5. The summed E-state index contributed by atoms with van der Waals surface area (Å²) in [6.45, 7) is 1.24. The molecule has 0 bridgehead atoms. The fraction of sp³-hybridized carbons (Fsp3) is 0.429. The topological polar surface area (TPSA) is 133 Å². The highest BCUT2D eigenvalue weighted by Gasteiger charge is 2.22. The maximum absolute atomic E-state index is 11.5. The van der Waals surface area contributed by atoms with Crippen molar-refractivity contribution < 1.29 is 18.3 Å². The third-order valence-corrected chi connectivity index (χ3v) is 5.20. The van der Waals surface area contributed by atoms with E-state index in [9.17, 15) is 13.2 Å². The Hall–Kier alpha value is -1.38. The van der Waals surface area contributed by atoms with Crippen molar-refractivity contribution in [1.82, 2.24) is 10.2 Å². The van der Waals surface area contributed by atoms with Crippen molar-refractivity contribution in [2.45, 2.75) is 16.5 Å². The van der Waals surface area contributed by atoms with E-state index in [1.165, 1.54) is 6.92 Å². The number of carboxylic acids is 1. The Kier molecular flexibility index (Phi) is 4.88. The van der Waals surface area contributed by atoms with Gasteiger partial charge in [0.15, 0.2) is 9.59 Å². The van der Waals surface area contributed by atoms with E-state index in [4.69, 9.17) is 10.4 Å². The molecule has 0 aliphatic carbocycles. The maximum atomic E-state index is 11.5. The molecule has 0 radical (unpaired) electrons. The second-order valence-corrected chi connectivity index (χ2v) is 7.18. The fourth-order valence-corrected chi connectivity index (χ4v) is 3.15. The van der Waals surface area contributed by atoms with Crippen LogP contribution in [0.5, 0.6) is 0 Å². The largest absolute Gasteiger partial charge is 0.481 e. The number of nitrogens with one attached hydrogen (secondary N) is 1. The van der Waals surface area contributed by atoms with Crippen LogP contribution in [-0.2, 0) is 14.8 Å². The van der Waals surface area contributed by atoms with Crippen LogP contribution in [0.4, 0.5) is 5.13 Å². The van der Waals surface area contributed by atoms with E-state index in [1.807, 2.05) is 0 Å². The lowest BCUT2D eigenvalue weighted by atomic mass is 10.5. The van der Waals surface area contributed by atoms with Gasteiger partial charge >= 0.3 is 5.97 Å². The van der Waals surface area contributed by atoms with Crippen LogP contribution in [0.3, 0.4) is 0 Å². The summed E-state index contributed by atoms with van der Waals surface area (Å²) >= 11 is 1.84. The fourth-order valence-electron chi connectivity index (χ4n) is 0.712. The number of carboxylic acid groups (broad SMARTS) is 1. The maximum Gasteiger partial charge on any atom is 0.313 e. The Morgan fingerprint density at radius 2 is 2.33 bits per heavy atom. The molecule has 1 aromatic heterocycles. The van der Waals surface area contributed by atoms with Crippen LogP contribution in [0, 0.1) is 11.3 Å². The minimum absolute atomic E-state index is 0.00462. The predicted octanol–water partition coefficient (Wildman–Crippen LogP) is 0.369. The number of sulfonamides is 1. The number of nitrogens with zero attached hydrogens (tertiary/aromatic N) is 3. The van der Waals surface area contributed by atoms with Gasteiger partial charge in [-0.15, -0.1) is 10.2 Å². The van der Waals surface area contributed by atoms with Crippen molar-refractivity contribution in [3.05, 3.63) is 0 Å². The van der Waals surface area contributed by atoms with Gasteiger partial charge in [-0.3, -0.25) is 9.52 Å². The van der Waals surface area contributed by atoms with Crippen molar-refractivity contribution >= 4 is 44.2 Å². The van der Waals surface area contributed by atoms with Gasteiger partial charge in [0.1, 0.15) is 0 Å². The Morgan fingerprint density at radius 3 is 2.89 bits per heavy atom. The summed E-state index contributed by atoms with van der Waals surface area (Å²) in [5.41, 5.74) is 0. The SMILES string of the molecule is CC(C#N)S(=O)(=O)Nc1nnc(SCC(=O)O)s1. The Morgan fingerprint density at radius 1 is 1.67 bits per heavy atom. The number of anilines is 1. The molecular formula is C7H8N4O4S3. The third kappa shape index (κ3) is 4.13. The Balaban J connectivity index is 2.70. The van der Waals surface area contributed by atoms with Crippen LogP contribution in [0.2, 0.25) is 0 Å². The molecule has 8 nitrogen and oxygen atoms in total. The predicted molar refractivity (Wildman–Crippen MR) is 65.9 cm³/mol. The molecule has 0 saturated heterocycles. The average molecular weight is 308 g/mol. The van der Waals surface area contributed by atoms with Crippen LogP contribution < -0.4 is 4.72 Å². The number of nitriles is 1. The number of rotatable bonds is 6. The molecule has 1 heterocycles. The molecule has 0 amide bonds. The lowest BCUT2D eigenvalue weighted by Crippen LogP contribution is -2.23. The third-order valence-electron chi connectivity index (χ3n) is 1.60. The first-order valence-electron chi connectivity index (χ1n) is 4.44. The Bertz CT molecular complexity index is 576. The molecule has 98 valence electrons. The number of thioether (sulfide) groups is 1. The van der Waals surface area contributed by atoms with Crippen LogP contribution in [0.15, 0.2) is 4.34 Å². The van der Waals surface area contributed by atoms with Crippen LogP contribution >= 0.6 is 23.1 Å². The number of aliphatic carboxylic acids is 1. The minimum atomic E-state index is -3.81. The van der Waals surface area contributed by atoms with Gasteiger partial charge in [0.25, 0.3) is 10.0 Å². The second kappa shape index (κ2) is 5.98. The highest BCUT2D eigenvalue weighted by molar-refractivity contribution is 8.01. The Labute approximate surface area is 111 Å². The van der Waals surface area contributed by atoms with Gasteiger partial charge in [0.05, 0.1) is 11.8 Å². The molecule has 0 saturated carbocycles. The van der Waals surface area contributed by atoms with Gasteiger partial charge in [0.2, 0.25) is 5.13 Å². The molecule has 2 N–H and O–H groups in total. The molecular weight excluding hydrogens is 300 g/mol. The van der Waals surface area contributed by atoms with Gasteiger partial charge in [0, 0.05) is 0 Å². The second-order valence-electron chi connectivity index (χ2n) is 2.97. The van der Waals surface area contributed by atoms with Gasteiger partial charge in [-0.1, -0.05) is 23.1 Å². The average Bonchev–Trinajstić information content (AvgIpc) is 2.72. The zero-order valence-corrected chi connectivity index (χ0v) is 11.5. The molecule has 1 aromatic rings. The van der Waals surface area contributed by atoms with Gasteiger partial charge < -0.3 is 5.11 Å². The first kappa shape index (κ1) is 14.7. The minimum Gasteiger partial charge on any atom is -0.481 e. The quantitative estimate of drug-likeness (QED) is 0.720. The van der Waals surface area contributed by atoms with E-state index in [1.54, 1.807) is 6.07 Å². The van der Waals surface area contributed by atoms with Crippen molar-refractivity contribution in [2.24, 2.45) is 0 Å². The van der Waals surface area contributed by atoms with E-state index in [0.29, 0.717) is 4.34 Å². The summed E-state index contributed by atoms with van der Waals surface area (Å²) in [5, 5.41) is 22.9. The van der Waals surface area contributed by atoms with E-state index >= 15 is 0 Å². The van der Waals surface area contributed by atoms with Crippen LogP contribution in [-0.4, -0.2) is 40.7 Å². The lowest BCUT2D eigenvalue weighted by molar-refractivity contribution is -0.133. The van der Waals surface area contributed by atoms with Crippen LogP contribution in [0.25, 0.3) is 0 Å². The van der Waals surface area contributed by atoms with Gasteiger partial charge in [-0.25, -0.2) is 8.42 Å². The first-order chi connectivity index (χ1) is 8.35. The highest BCUT2D eigenvalue weighted by atomic mass is 32.2. The monoisotopic (exact) mass is 308 g/mol. The zero-order valence-electron chi connectivity index (χ0n) is 9.02. The normalized spacial score (nSPS) is 12.7. The van der Waals surface area contributed by atoms with Crippen molar-refractivity contribution in [3.63, 3.8) is 0 Å². The number of hydrogen-bond acceptors (Lipinski definition) is 8. The van der Waals surface area contributed by atoms with E-state index < -0.39 is 21.2 Å². The summed E-state index contributed by atoms with van der Waals surface area (Å²) in [6.07, 6.45) is 0. The summed E-state index contributed by atoms with van der Waals surface area (Å²) in [6, 6.07) is 1.60. The molecule has 0 fully saturated rings. The number of carbonyl (C=O) groups is 1. The van der Waals surface area contributed by atoms with Crippen LogP contribution in [0.1, 0.15) is 6.92 Å². The molecule has 0 aliphatic rings. The van der Waals surface area contributed by atoms with Gasteiger partial charge in [-0.05, 0) is 6.92 Å². The van der Waals surface area contributed by atoms with Gasteiger partial charge in [-0.2, -0.15) is 5.26 Å². The van der Waals surface area contributed by atoms with E-state index in [0.717, 1.165) is 23.1 Å². The van der Waals surface area contributed by atoms with E-state index in [-0.39, 0.29) is 10.9 Å². The van der Waals surface area contributed by atoms with Crippen molar-refractivity contribution in [1.29, 1.82) is 5.26 Å². The van der Waals surface area contributed by atoms with Crippen molar-refractivity contribution in [3.8, 4) is 6.07 Å². The molecule has 1 atom stereocenters. The molecule has 0 spiro atoms. The zero-order chi connectivity index (χ0) is 13.8.